The van der Waals surface area contributed by atoms with E-state index in [-0.39, 0.29) is 6.10 Å². The minimum absolute atomic E-state index is 0.377. The zero-order valence-corrected chi connectivity index (χ0v) is 12.7. The van der Waals surface area contributed by atoms with Crippen molar-refractivity contribution in [3.05, 3.63) is 23.8 Å². The summed E-state index contributed by atoms with van der Waals surface area (Å²) in [6, 6.07) is 5.47. The van der Waals surface area contributed by atoms with Gasteiger partial charge >= 0.3 is 0 Å². The van der Waals surface area contributed by atoms with Crippen molar-refractivity contribution >= 4 is 0 Å². The molecule has 2 unspecified atom stereocenters. The summed E-state index contributed by atoms with van der Waals surface area (Å²) in [4.78, 5) is 0. The van der Waals surface area contributed by atoms with Gasteiger partial charge in [-0.15, -0.1) is 0 Å². The molecule has 2 rings (SSSR count). The van der Waals surface area contributed by atoms with E-state index in [0.29, 0.717) is 38.0 Å². The number of aliphatic hydroxyl groups excluding tert-OH is 2. The number of aliphatic hydroxyl groups is 2. The first-order chi connectivity index (χ1) is 10.1. The summed E-state index contributed by atoms with van der Waals surface area (Å²) in [5, 5.41) is 23.1. The zero-order valence-electron chi connectivity index (χ0n) is 12.7. The summed E-state index contributed by atoms with van der Waals surface area (Å²) in [5.41, 5.74) is 0.782. The Bertz CT molecular complexity index is 450. The smallest absolute Gasteiger partial charge is 0.161 e. The van der Waals surface area contributed by atoms with Gasteiger partial charge in [-0.05, 0) is 30.0 Å². The number of hydrogen-bond donors (Lipinski definition) is 3. The van der Waals surface area contributed by atoms with E-state index in [1.54, 1.807) is 0 Å². The Morgan fingerprint density at radius 3 is 2.52 bits per heavy atom. The van der Waals surface area contributed by atoms with Crippen molar-refractivity contribution in [2.24, 2.45) is 5.92 Å². The number of rotatable bonds is 7. The lowest BCUT2D eigenvalue weighted by Crippen LogP contribution is -2.31. The van der Waals surface area contributed by atoms with Crippen LogP contribution < -0.4 is 14.8 Å². The maximum absolute atomic E-state index is 10.2. The molecule has 1 aromatic carbocycles. The molecule has 0 aromatic heterocycles. The Labute approximate surface area is 125 Å². The van der Waals surface area contributed by atoms with E-state index in [0.717, 1.165) is 17.7 Å². The van der Waals surface area contributed by atoms with Crippen molar-refractivity contribution in [1.29, 1.82) is 0 Å². The Balaban J connectivity index is 1.82. The summed E-state index contributed by atoms with van der Waals surface area (Å²) >= 11 is 0. The van der Waals surface area contributed by atoms with Crippen LogP contribution in [0.3, 0.4) is 0 Å². The highest BCUT2D eigenvalue weighted by Gasteiger charge is 2.15. The fraction of sp³-hybridized carbons (Fsp3) is 0.625. The maximum Gasteiger partial charge on any atom is 0.161 e. The van der Waals surface area contributed by atoms with Gasteiger partial charge in [0, 0.05) is 13.1 Å². The van der Waals surface area contributed by atoms with Gasteiger partial charge < -0.3 is 25.0 Å². The molecular weight excluding hydrogens is 270 g/mol. The first-order valence-electron chi connectivity index (χ1n) is 7.52. The minimum Gasteiger partial charge on any atom is -0.486 e. The SMILES string of the molecule is CC(C)CC(O)CNCC(O)c1ccc2c(c1)OCCO2. The molecule has 1 aliphatic rings. The predicted octanol–water partition coefficient (Wildman–Crippen LogP) is 1.49. The van der Waals surface area contributed by atoms with Crippen LogP contribution >= 0.6 is 0 Å². The first-order valence-corrected chi connectivity index (χ1v) is 7.52. The largest absolute Gasteiger partial charge is 0.486 e. The second kappa shape index (κ2) is 7.64. The molecule has 0 amide bonds. The molecule has 1 heterocycles. The molecule has 118 valence electrons. The quantitative estimate of drug-likeness (QED) is 0.711. The molecular formula is C16H25NO4. The normalized spacial score (nSPS) is 16.8. The van der Waals surface area contributed by atoms with Gasteiger partial charge in [-0.25, -0.2) is 0 Å². The van der Waals surface area contributed by atoms with Gasteiger partial charge in [-0.1, -0.05) is 19.9 Å². The summed E-state index contributed by atoms with van der Waals surface area (Å²) in [6.45, 7) is 6.13. The average molecular weight is 295 g/mol. The molecule has 0 radical (unpaired) electrons. The van der Waals surface area contributed by atoms with Gasteiger partial charge in [0.15, 0.2) is 11.5 Å². The van der Waals surface area contributed by atoms with Gasteiger partial charge in [-0.3, -0.25) is 0 Å². The van der Waals surface area contributed by atoms with E-state index in [2.05, 4.69) is 19.2 Å². The second-order valence-corrected chi connectivity index (χ2v) is 5.86. The molecule has 5 nitrogen and oxygen atoms in total. The van der Waals surface area contributed by atoms with Gasteiger partial charge in [0.25, 0.3) is 0 Å². The fourth-order valence-corrected chi connectivity index (χ4v) is 2.40. The van der Waals surface area contributed by atoms with Crippen LogP contribution in [0.25, 0.3) is 0 Å². The van der Waals surface area contributed by atoms with Gasteiger partial charge in [0.2, 0.25) is 0 Å². The number of hydrogen-bond acceptors (Lipinski definition) is 5. The Morgan fingerprint density at radius 1 is 1.10 bits per heavy atom. The van der Waals surface area contributed by atoms with Crippen LogP contribution in [0, 0.1) is 5.92 Å². The fourth-order valence-electron chi connectivity index (χ4n) is 2.40. The van der Waals surface area contributed by atoms with Gasteiger partial charge in [0.1, 0.15) is 13.2 Å². The average Bonchev–Trinajstić information content (AvgIpc) is 2.45. The van der Waals surface area contributed by atoms with Crippen LogP contribution in [0.4, 0.5) is 0 Å². The summed E-state index contributed by atoms with van der Waals surface area (Å²) < 4.78 is 11.0. The van der Waals surface area contributed by atoms with Crippen molar-refractivity contribution in [3.63, 3.8) is 0 Å². The molecule has 5 heteroatoms. The molecule has 0 saturated heterocycles. The van der Waals surface area contributed by atoms with Crippen LogP contribution in [0.1, 0.15) is 31.9 Å². The van der Waals surface area contributed by atoms with E-state index in [1.807, 2.05) is 18.2 Å². The van der Waals surface area contributed by atoms with Crippen LogP contribution in [0.15, 0.2) is 18.2 Å². The van der Waals surface area contributed by atoms with E-state index in [1.165, 1.54) is 0 Å². The van der Waals surface area contributed by atoms with Crippen molar-refractivity contribution in [2.75, 3.05) is 26.3 Å². The molecule has 0 fully saturated rings. The summed E-state index contributed by atoms with van der Waals surface area (Å²) in [5.74, 6) is 1.86. The first kappa shape index (κ1) is 16.1. The Kier molecular flexibility index (Phi) is 5.85. The summed E-state index contributed by atoms with van der Waals surface area (Å²) in [6.07, 6.45) is -0.253. The van der Waals surface area contributed by atoms with Crippen LogP contribution in [0.2, 0.25) is 0 Å². The van der Waals surface area contributed by atoms with Gasteiger partial charge in [-0.2, -0.15) is 0 Å². The molecule has 0 aliphatic carbocycles. The molecule has 2 atom stereocenters. The molecule has 0 spiro atoms. The zero-order chi connectivity index (χ0) is 15.2. The lowest BCUT2D eigenvalue weighted by Gasteiger charge is -2.21. The molecule has 1 aliphatic heterocycles. The minimum atomic E-state index is -0.632. The van der Waals surface area contributed by atoms with Crippen molar-refractivity contribution in [3.8, 4) is 11.5 Å². The monoisotopic (exact) mass is 295 g/mol. The van der Waals surface area contributed by atoms with Crippen LogP contribution in [-0.4, -0.2) is 42.6 Å². The molecule has 0 saturated carbocycles. The second-order valence-electron chi connectivity index (χ2n) is 5.86. The highest BCUT2D eigenvalue weighted by Crippen LogP contribution is 2.32. The topological polar surface area (TPSA) is 71.0 Å². The molecule has 21 heavy (non-hydrogen) atoms. The third-order valence-corrected chi connectivity index (χ3v) is 3.41. The van der Waals surface area contributed by atoms with E-state index >= 15 is 0 Å². The number of fused-ring (bicyclic) bond motifs is 1. The Morgan fingerprint density at radius 2 is 1.81 bits per heavy atom. The molecule has 3 N–H and O–H groups in total. The Hall–Kier alpha value is -1.30. The lowest BCUT2D eigenvalue weighted by atomic mass is 10.1. The van der Waals surface area contributed by atoms with E-state index in [9.17, 15) is 10.2 Å². The van der Waals surface area contributed by atoms with E-state index < -0.39 is 6.10 Å². The number of benzene rings is 1. The highest BCUT2D eigenvalue weighted by atomic mass is 16.6. The molecule has 1 aromatic rings. The van der Waals surface area contributed by atoms with Crippen molar-refractivity contribution in [1.82, 2.24) is 5.32 Å². The third kappa shape index (κ3) is 4.88. The third-order valence-electron chi connectivity index (χ3n) is 3.41. The summed E-state index contributed by atoms with van der Waals surface area (Å²) in [7, 11) is 0. The predicted molar refractivity (Wildman–Crippen MR) is 80.7 cm³/mol. The maximum atomic E-state index is 10.2. The molecule has 0 bridgehead atoms. The highest BCUT2D eigenvalue weighted by molar-refractivity contribution is 5.44. The standard InChI is InChI=1S/C16H25NO4/c1-11(2)7-13(18)9-17-10-14(19)12-3-4-15-16(8-12)21-6-5-20-15/h3-4,8,11,13-14,17-19H,5-7,9-10H2,1-2H3. The van der Waals surface area contributed by atoms with Crippen LogP contribution in [0.5, 0.6) is 11.5 Å². The number of nitrogens with one attached hydrogen (secondary N) is 1. The van der Waals surface area contributed by atoms with Gasteiger partial charge in [0.05, 0.1) is 12.2 Å². The van der Waals surface area contributed by atoms with Crippen LogP contribution in [-0.2, 0) is 0 Å². The van der Waals surface area contributed by atoms with E-state index in [4.69, 9.17) is 9.47 Å². The lowest BCUT2D eigenvalue weighted by molar-refractivity contribution is 0.130. The number of ether oxygens (including phenoxy) is 2. The van der Waals surface area contributed by atoms with Crippen molar-refractivity contribution < 1.29 is 19.7 Å². The van der Waals surface area contributed by atoms with Crippen molar-refractivity contribution in [2.45, 2.75) is 32.5 Å².